The molecule has 0 atom stereocenters. The van der Waals surface area contributed by atoms with Gasteiger partial charge in [-0.3, -0.25) is 0 Å². The minimum atomic E-state index is -2.44. The van der Waals surface area contributed by atoms with E-state index in [9.17, 15) is 0 Å². The van der Waals surface area contributed by atoms with Gasteiger partial charge in [0.2, 0.25) is 0 Å². The highest BCUT2D eigenvalue weighted by Gasteiger charge is 2.31. The van der Waals surface area contributed by atoms with Gasteiger partial charge in [-0.15, -0.1) is 45.4 Å². The van der Waals surface area contributed by atoms with Crippen LogP contribution in [0.5, 0.6) is 0 Å². The first-order chi connectivity index (χ1) is 4.34. The SMILES string of the molecule is C[Si](Cl)(Cl)N(Cl)[Si]C(Cl)Cl. The lowest BCUT2D eigenvalue weighted by Crippen LogP contribution is -2.39. The summed E-state index contributed by atoms with van der Waals surface area (Å²) in [6.07, 6.45) is 0. The van der Waals surface area contributed by atoms with Crippen LogP contribution in [0.25, 0.3) is 0 Å². The highest BCUT2D eigenvalue weighted by atomic mass is 35.7. The Balaban J connectivity index is 3.73. The largest absolute Gasteiger partial charge is 0.328 e. The first kappa shape index (κ1) is 11.8. The molecule has 0 rings (SSSR count). The van der Waals surface area contributed by atoms with Crippen LogP contribution in [0.1, 0.15) is 0 Å². The Kier molecular flexibility index (Phi) is 5.65. The highest BCUT2D eigenvalue weighted by molar-refractivity contribution is 7.45. The third kappa shape index (κ3) is 5.49. The molecule has 0 aliphatic rings. The second kappa shape index (κ2) is 4.77. The average Bonchev–Trinajstić information content (AvgIpc) is 1.60. The van der Waals surface area contributed by atoms with Gasteiger partial charge >= 0.3 is 6.86 Å². The minimum Gasteiger partial charge on any atom is -0.236 e. The quantitative estimate of drug-likeness (QED) is 0.331. The topological polar surface area (TPSA) is 3.24 Å². The molecular weight excluding hydrogens is 271 g/mol. The lowest BCUT2D eigenvalue weighted by atomic mass is 11.9. The summed E-state index contributed by atoms with van der Waals surface area (Å²) in [6, 6.07) is 0. The van der Waals surface area contributed by atoms with E-state index in [1.165, 1.54) is 3.75 Å². The van der Waals surface area contributed by atoms with Gasteiger partial charge < -0.3 is 0 Å². The summed E-state index contributed by atoms with van der Waals surface area (Å²) in [5.74, 6) is 0. The molecule has 8 heteroatoms. The smallest absolute Gasteiger partial charge is 0.236 e. The Morgan fingerprint density at radius 3 is 1.90 bits per heavy atom. The zero-order chi connectivity index (χ0) is 8.36. The molecule has 0 aromatic rings. The lowest BCUT2D eigenvalue weighted by molar-refractivity contribution is 1.09. The van der Waals surface area contributed by atoms with Gasteiger partial charge in [0.25, 0.3) is 0 Å². The fourth-order valence-corrected chi connectivity index (χ4v) is 4.21. The number of nitrogens with zero attached hydrogens (tertiary/aromatic N) is 1. The molecule has 0 fully saturated rings. The van der Waals surface area contributed by atoms with Gasteiger partial charge in [-0.2, -0.15) is 0 Å². The van der Waals surface area contributed by atoms with Gasteiger partial charge in [-0.25, -0.2) is 3.75 Å². The van der Waals surface area contributed by atoms with Crippen molar-refractivity contribution >= 4 is 73.7 Å². The zero-order valence-corrected chi connectivity index (χ0v) is 10.7. The van der Waals surface area contributed by atoms with Crippen molar-refractivity contribution in [1.29, 1.82) is 0 Å². The second-order valence-electron chi connectivity index (χ2n) is 1.55. The first-order valence-corrected chi connectivity index (χ1v) is 8.93. The van der Waals surface area contributed by atoms with Crippen molar-refractivity contribution < 1.29 is 0 Å². The summed E-state index contributed by atoms with van der Waals surface area (Å²) in [5.41, 5.74) is 0. The van der Waals surface area contributed by atoms with E-state index in [0.29, 0.717) is 0 Å². The fourth-order valence-electron chi connectivity index (χ4n) is 0.199. The van der Waals surface area contributed by atoms with Crippen LogP contribution in [0, 0.1) is 0 Å². The molecule has 0 aromatic carbocycles. The number of hydrogen-bond donors (Lipinski definition) is 0. The Bertz CT molecular complexity index is 102. The normalized spacial score (nSPS) is 13.2. The Labute approximate surface area is 88.0 Å². The van der Waals surface area contributed by atoms with Crippen molar-refractivity contribution in [3.05, 3.63) is 0 Å². The van der Waals surface area contributed by atoms with Gasteiger partial charge in [-0.05, 0) is 18.3 Å². The van der Waals surface area contributed by atoms with Gasteiger partial charge in [-0.1, -0.05) is 0 Å². The maximum atomic E-state index is 5.72. The molecule has 1 nitrogen and oxygen atoms in total. The molecule has 0 saturated heterocycles. The van der Waals surface area contributed by atoms with Gasteiger partial charge in [0.1, 0.15) is 4.46 Å². The maximum absolute atomic E-state index is 5.72. The second-order valence-corrected chi connectivity index (χ2v) is 13.1. The van der Waals surface area contributed by atoms with Gasteiger partial charge in [0.05, 0.1) is 0 Å². The molecular formula is C2H4Cl5NSi2. The Morgan fingerprint density at radius 1 is 1.40 bits per heavy atom. The number of hydrogen-bond acceptors (Lipinski definition) is 1. The van der Waals surface area contributed by atoms with Crippen molar-refractivity contribution in [1.82, 2.24) is 3.75 Å². The van der Waals surface area contributed by atoms with Crippen LogP contribution in [0.15, 0.2) is 0 Å². The van der Waals surface area contributed by atoms with Crippen molar-refractivity contribution in [2.45, 2.75) is 11.0 Å². The lowest BCUT2D eigenvalue weighted by Gasteiger charge is -2.20. The molecule has 2 radical (unpaired) electrons. The Morgan fingerprint density at radius 2 is 1.80 bits per heavy atom. The molecule has 0 saturated carbocycles. The van der Waals surface area contributed by atoms with Crippen LogP contribution in [0.4, 0.5) is 0 Å². The van der Waals surface area contributed by atoms with E-state index in [1.54, 1.807) is 6.55 Å². The Hall–Kier alpha value is 1.84. The summed E-state index contributed by atoms with van der Waals surface area (Å²) in [4.78, 5) is 0. The number of rotatable bonds is 3. The number of alkyl halides is 2. The van der Waals surface area contributed by atoms with E-state index in [0.717, 1.165) is 0 Å². The first-order valence-electron chi connectivity index (χ1n) is 2.22. The van der Waals surface area contributed by atoms with Crippen LogP contribution >= 0.6 is 57.1 Å². The number of halogens is 5. The maximum Gasteiger partial charge on any atom is 0.328 e. The monoisotopic (exact) mass is 273 g/mol. The summed E-state index contributed by atoms with van der Waals surface area (Å²) < 4.78 is 0.766. The molecule has 0 N–H and O–H groups in total. The third-order valence-electron chi connectivity index (χ3n) is 0.556. The van der Waals surface area contributed by atoms with Crippen molar-refractivity contribution in [2.75, 3.05) is 0 Å². The minimum absolute atomic E-state index is 0.0413. The molecule has 10 heavy (non-hydrogen) atoms. The molecule has 0 aliphatic heterocycles. The molecule has 0 unspecified atom stereocenters. The summed E-state index contributed by atoms with van der Waals surface area (Å²) in [6.45, 7) is -0.764. The zero-order valence-electron chi connectivity index (χ0n) is 4.91. The highest BCUT2D eigenvalue weighted by Crippen LogP contribution is 2.22. The molecule has 60 valence electrons. The van der Waals surface area contributed by atoms with E-state index in [1.807, 2.05) is 0 Å². The average molecular weight is 275 g/mol. The van der Waals surface area contributed by atoms with Crippen LogP contribution < -0.4 is 0 Å². The van der Waals surface area contributed by atoms with E-state index in [4.69, 9.17) is 57.1 Å². The summed E-state index contributed by atoms with van der Waals surface area (Å²) in [5, 5.41) is 0. The summed E-state index contributed by atoms with van der Waals surface area (Å²) >= 11 is 27.9. The van der Waals surface area contributed by atoms with Crippen molar-refractivity contribution in [3.63, 3.8) is 0 Å². The van der Waals surface area contributed by atoms with Crippen LogP contribution in [-0.2, 0) is 0 Å². The molecule has 0 heterocycles. The van der Waals surface area contributed by atoms with Crippen LogP contribution in [0.3, 0.4) is 0 Å². The third-order valence-corrected chi connectivity index (χ3v) is 7.67. The fraction of sp³-hybridized carbons (Fsp3) is 1.00. The van der Waals surface area contributed by atoms with Gasteiger partial charge in [0.15, 0.2) is 9.68 Å². The van der Waals surface area contributed by atoms with Crippen molar-refractivity contribution in [2.24, 2.45) is 0 Å². The van der Waals surface area contributed by atoms with Gasteiger partial charge in [0, 0.05) is 0 Å². The summed E-state index contributed by atoms with van der Waals surface area (Å²) in [7, 11) is 0.0413. The van der Waals surface area contributed by atoms with Crippen LogP contribution in [0.2, 0.25) is 6.55 Å². The molecule has 0 bridgehead atoms. The molecule has 0 aliphatic carbocycles. The van der Waals surface area contributed by atoms with E-state index in [-0.39, 0.29) is 9.68 Å². The molecule has 0 aromatic heterocycles. The predicted octanol–water partition coefficient (Wildman–Crippen LogP) is 2.87. The van der Waals surface area contributed by atoms with E-state index in [2.05, 4.69) is 0 Å². The van der Waals surface area contributed by atoms with Crippen molar-refractivity contribution in [3.8, 4) is 0 Å². The molecule has 0 spiro atoms. The molecule has 0 amide bonds. The predicted molar refractivity (Wildman–Crippen MR) is 52.3 cm³/mol. The van der Waals surface area contributed by atoms with E-state index >= 15 is 0 Å². The van der Waals surface area contributed by atoms with Crippen LogP contribution in [-0.4, -0.2) is 24.7 Å². The van der Waals surface area contributed by atoms with E-state index < -0.39 is 11.3 Å². The standard InChI is InChI=1S/C2H4Cl5NSi2/c1-10(6,7)8(5)9-2(3)4/h2H,1H3.